The van der Waals surface area contributed by atoms with Crippen LogP contribution in [0.2, 0.25) is 0 Å². The summed E-state index contributed by atoms with van der Waals surface area (Å²) in [5.41, 5.74) is 3.35. The van der Waals surface area contributed by atoms with Crippen molar-refractivity contribution in [3.63, 3.8) is 0 Å². The maximum atomic E-state index is 5.90. The molecular formula is C20H22N2O2S. The third-order valence-electron chi connectivity index (χ3n) is 4.88. The van der Waals surface area contributed by atoms with Gasteiger partial charge >= 0.3 is 0 Å². The van der Waals surface area contributed by atoms with Crippen LogP contribution in [-0.2, 0) is 6.54 Å². The van der Waals surface area contributed by atoms with Gasteiger partial charge in [-0.3, -0.25) is 4.90 Å². The van der Waals surface area contributed by atoms with Crippen molar-refractivity contribution in [2.75, 3.05) is 13.7 Å². The zero-order valence-electron chi connectivity index (χ0n) is 14.6. The van der Waals surface area contributed by atoms with Crippen LogP contribution < -0.4 is 4.74 Å². The van der Waals surface area contributed by atoms with Gasteiger partial charge in [0.25, 0.3) is 0 Å². The van der Waals surface area contributed by atoms with E-state index in [2.05, 4.69) is 22.4 Å². The zero-order valence-corrected chi connectivity index (χ0v) is 15.4. The van der Waals surface area contributed by atoms with Crippen LogP contribution in [0, 0.1) is 6.92 Å². The van der Waals surface area contributed by atoms with Crippen molar-refractivity contribution in [1.29, 1.82) is 0 Å². The highest BCUT2D eigenvalue weighted by Gasteiger charge is 2.29. The van der Waals surface area contributed by atoms with Gasteiger partial charge in [0.05, 0.1) is 12.8 Å². The minimum atomic E-state index is 0.372. The van der Waals surface area contributed by atoms with Crippen LogP contribution in [0.1, 0.15) is 35.9 Å². The lowest BCUT2D eigenvalue weighted by Crippen LogP contribution is -2.23. The molecule has 2 aromatic heterocycles. The second-order valence-corrected chi connectivity index (χ2v) is 7.18. The molecule has 1 aromatic carbocycles. The molecule has 4 nitrogen and oxygen atoms in total. The van der Waals surface area contributed by atoms with Gasteiger partial charge in [-0.15, -0.1) is 0 Å². The van der Waals surface area contributed by atoms with E-state index in [1.807, 2.05) is 30.5 Å². The van der Waals surface area contributed by atoms with Crippen LogP contribution in [0.15, 0.2) is 45.5 Å². The van der Waals surface area contributed by atoms with Crippen LogP contribution in [0.4, 0.5) is 0 Å². The van der Waals surface area contributed by atoms with Gasteiger partial charge in [0.1, 0.15) is 11.5 Å². The molecule has 3 heterocycles. The highest BCUT2D eigenvalue weighted by atomic mass is 32.1. The molecule has 1 aliphatic heterocycles. The molecular weight excluding hydrogens is 332 g/mol. The molecule has 130 valence electrons. The predicted molar refractivity (Wildman–Crippen MR) is 99.9 cm³/mol. The number of benzene rings is 1. The molecule has 25 heavy (non-hydrogen) atoms. The Hall–Kier alpha value is -2.11. The monoisotopic (exact) mass is 354 g/mol. The van der Waals surface area contributed by atoms with E-state index in [0.29, 0.717) is 6.04 Å². The average molecular weight is 354 g/mol. The highest BCUT2D eigenvalue weighted by Crippen LogP contribution is 2.38. The predicted octanol–water partition coefficient (Wildman–Crippen LogP) is 5.06. The molecule has 1 saturated heterocycles. The summed E-state index contributed by atoms with van der Waals surface area (Å²) in [6, 6.07) is 10.8. The van der Waals surface area contributed by atoms with Gasteiger partial charge in [-0.25, -0.2) is 4.98 Å². The Labute approximate surface area is 152 Å². The van der Waals surface area contributed by atoms with E-state index in [1.165, 1.54) is 12.0 Å². The molecule has 0 N–H and O–H groups in total. The molecule has 1 unspecified atom stereocenters. The fraction of sp³-hybridized carbons (Fsp3) is 0.350. The summed E-state index contributed by atoms with van der Waals surface area (Å²) in [6.45, 7) is 3.89. The third kappa shape index (κ3) is 3.22. The van der Waals surface area contributed by atoms with Gasteiger partial charge in [0.15, 0.2) is 0 Å². The van der Waals surface area contributed by atoms with Gasteiger partial charge in [0.2, 0.25) is 5.89 Å². The van der Waals surface area contributed by atoms with E-state index < -0.39 is 0 Å². The van der Waals surface area contributed by atoms with Crippen LogP contribution in [0.25, 0.3) is 11.5 Å². The number of likely N-dealkylation sites (tertiary alicyclic amines) is 1. The number of rotatable bonds is 5. The topological polar surface area (TPSA) is 38.5 Å². The molecule has 0 bridgehead atoms. The van der Waals surface area contributed by atoms with Crippen molar-refractivity contribution in [1.82, 2.24) is 9.88 Å². The maximum absolute atomic E-state index is 5.90. The van der Waals surface area contributed by atoms with Crippen LogP contribution in [0.5, 0.6) is 5.75 Å². The van der Waals surface area contributed by atoms with E-state index in [-0.39, 0.29) is 0 Å². The molecule has 1 atom stereocenters. The smallest absolute Gasteiger partial charge is 0.227 e. The van der Waals surface area contributed by atoms with E-state index in [4.69, 9.17) is 14.1 Å². The molecule has 3 aromatic rings. The van der Waals surface area contributed by atoms with E-state index >= 15 is 0 Å². The molecule has 5 heteroatoms. The number of hydrogen-bond acceptors (Lipinski definition) is 5. The number of ether oxygens (including phenoxy) is 1. The summed E-state index contributed by atoms with van der Waals surface area (Å²) in [5.74, 6) is 2.60. The molecule has 4 rings (SSSR count). The number of nitrogens with zero attached hydrogens (tertiary/aromatic N) is 2. The Bertz CT molecular complexity index is 841. The normalized spacial score (nSPS) is 17.9. The summed E-state index contributed by atoms with van der Waals surface area (Å²) in [7, 11) is 1.74. The molecule has 0 saturated carbocycles. The number of aromatic nitrogens is 1. The van der Waals surface area contributed by atoms with Crippen molar-refractivity contribution in [3.05, 3.63) is 58.1 Å². The fourth-order valence-electron chi connectivity index (χ4n) is 3.59. The first-order chi connectivity index (χ1) is 12.3. The first-order valence-electron chi connectivity index (χ1n) is 8.62. The first-order valence-corrected chi connectivity index (χ1v) is 9.56. The first kappa shape index (κ1) is 16.4. The van der Waals surface area contributed by atoms with Gasteiger partial charge in [-0.1, -0.05) is 18.2 Å². The van der Waals surface area contributed by atoms with Gasteiger partial charge in [-0.2, -0.15) is 11.3 Å². The van der Waals surface area contributed by atoms with Crippen molar-refractivity contribution in [3.8, 4) is 17.2 Å². The van der Waals surface area contributed by atoms with Gasteiger partial charge in [-0.05, 0) is 43.8 Å². The van der Waals surface area contributed by atoms with Crippen LogP contribution >= 0.6 is 11.3 Å². The zero-order chi connectivity index (χ0) is 17.2. The summed E-state index contributed by atoms with van der Waals surface area (Å²) in [4.78, 5) is 7.24. The minimum Gasteiger partial charge on any atom is -0.496 e. The van der Waals surface area contributed by atoms with Crippen molar-refractivity contribution < 1.29 is 9.15 Å². The lowest BCUT2D eigenvalue weighted by molar-refractivity contribution is 0.239. The second kappa shape index (κ2) is 7.02. The van der Waals surface area contributed by atoms with E-state index in [9.17, 15) is 0 Å². The second-order valence-electron chi connectivity index (χ2n) is 6.40. The Balaban J connectivity index is 1.58. The highest BCUT2D eigenvalue weighted by molar-refractivity contribution is 7.08. The molecule has 0 radical (unpaired) electrons. The Morgan fingerprint density at radius 3 is 3.00 bits per heavy atom. The third-order valence-corrected chi connectivity index (χ3v) is 5.56. The quantitative estimate of drug-likeness (QED) is 0.642. The summed E-state index contributed by atoms with van der Waals surface area (Å²) < 4.78 is 11.5. The minimum absolute atomic E-state index is 0.372. The lowest BCUT2D eigenvalue weighted by Gasteiger charge is -2.25. The number of oxazole rings is 1. The summed E-state index contributed by atoms with van der Waals surface area (Å²) in [6.07, 6.45) is 2.34. The molecule has 0 amide bonds. The SMILES string of the molecule is COc1ccccc1C1CCCN1Cc1nc(-c2ccsc2)oc1C. The van der Waals surface area contributed by atoms with Crippen LogP contribution in [-0.4, -0.2) is 23.5 Å². The van der Waals surface area contributed by atoms with Crippen molar-refractivity contribution >= 4 is 11.3 Å². The summed E-state index contributed by atoms with van der Waals surface area (Å²) in [5, 5.41) is 4.12. The van der Waals surface area contributed by atoms with E-state index in [1.54, 1.807) is 18.4 Å². The number of methoxy groups -OCH3 is 1. The summed E-state index contributed by atoms with van der Waals surface area (Å²) >= 11 is 1.66. The van der Waals surface area contributed by atoms with Crippen molar-refractivity contribution in [2.24, 2.45) is 0 Å². The molecule has 0 spiro atoms. The van der Waals surface area contributed by atoms with Gasteiger partial charge < -0.3 is 9.15 Å². The van der Waals surface area contributed by atoms with Crippen molar-refractivity contribution in [2.45, 2.75) is 32.4 Å². The van der Waals surface area contributed by atoms with Gasteiger partial charge in [0, 0.05) is 29.1 Å². The Morgan fingerprint density at radius 2 is 2.20 bits per heavy atom. The lowest BCUT2D eigenvalue weighted by atomic mass is 10.0. The standard InChI is InChI=1S/C20H22N2O2S/c1-14-17(21-20(24-14)15-9-11-25-13-15)12-22-10-5-7-18(22)16-6-3-4-8-19(16)23-2/h3-4,6,8-9,11,13,18H,5,7,10,12H2,1-2H3. The van der Waals surface area contributed by atoms with E-state index in [0.717, 1.165) is 48.2 Å². The molecule has 0 aliphatic carbocycles. The average Bonchev–Trinajstić information content (AvgIpc) is 3.37. The Morgan fingerprint density at radius 1 is 1.32 bits per heavy atom. The molecule has 1 aliphatic rings. The maximum Gasteiger partial charge on any atom is 0.227 e. The van der Waals surface area contributed by atoms with Crippen LogP contribution in [0.3, 0.4) is 0 Å². The fourth-order valence-corrected chi connectivity index (χ4v) is 4.22. The number of hydrogen-bond donors (Lipinski definition) is 0. The largest absolute Gasteiger partial charge is 0.496 e. The molecule has 1 fully saturated rings. The Kier molecular flexibility index (Phi) is 4.59. The number of thiophene rings is 1. The number of para-hydroxylation sites is 1. The number of aryl methyl sites for hydroxylation is 1.